The van der Waals surface area contributed by atoms with Crippen molar-refractivity contribution in [1.82, 2.24) is 0 Å². The molecule has 1 unspecified atom stereocenters. The van der Waals surface area contributed by atoms with E-state index in [-0.39, 0.29) is 10.8 Å². The van der Waals surface area contributed by atoms with E-state index in [0.29, 0.717) is 11.8 Å². The first-order chi connectivity index (χ1) is 7.08. The minimum atomic E-state index is -0.342. The normalized spacial score (nSPS) is 19.9. The Morgan fingerprint density at radius 3 is 2.87 bits per heavy atom. The molecule has 1 aliphatic rings. The van der Waals surface area contributed by atoms with Gasteiger partial charge in [-0.1, -0.05) is 25.4 Å². The fourth-order valence-corrected chi connectivity index (χ4v) is 2.17. The molecule has 0 radical (unpaired) electrons. The second kappa shape index (κ2) is 4.01. The highest BCUT2D eigenvalue weighted by Crippen LogP contribution is 2.31. The molecule has 1 atom stereocenters. The van der Waals surface area contributed by atoms with E-state index in [4.69, 9.17) is 11.6 Å². The molecule has 1 aliphatic heterocycles. The molecule has 0 aromatic heterocycles. The van der Waals surface area contributed by atoms with Gasteiger partial charge in [-0.05, 0) is 36.0 Å². The van der Waals surface area contributed by atoms with Gasteiger partial charge in [-0.3, -0.25) is 0 Å². The lowest BCUT2D eigenvalue weighted by molar-refractivity contribution is 0.393. The van der Waals surface area contributed by atoms with Crippen molar-refractivity contribution in [2.75, 3.05) is 11.9 Å². The summed E-state index contributed by atoms with van der Waals surface area (Å²) >= 11 is 5.77. The largest absolute Gasteiger partial charge is 0.384 e. The Morgan fingerprint density at radius 2 is 2.20 bits per heavy atom. The highest BCUT2D eigenvalue weighted by atomic mass is 35.5. The molecular formula is C12H15ClFN. The van der Waals surface area contributed by atoms with E-state index in [9.17, 15) is 4.39 Å². The zero-order valence-electron chi connectivity index (χ0n) is 8.98. The maximum absolute atomic E-state index is 13.2. The molecule has 1 N–H and O–H groups in total. The Balaban J connectivity index is 2.30. The van der Waals surface area contributed by atoms with Crippen LogP contribution in [0.1, 0.15) is 19.4 Å². The molecule has 0 aliphatic carbocycles. The Labute approximate surface area is 94.6 Å². The van der Waals surface area contributed by atoms with Crippen LogP contribution in [0.15, 0.2) is 12.1 Å². The molecule has 3 heteroatoms. The smallest absolute Gasteiger partial charge is 0.143 e. The van der Waals surface area contributed by atoms with Gasteiger partial charge in [0.15, 0.2) is 0 Å². The van der Waals surface area contributed by atoms with Crippen molar-refractivity contribution >= 4 is 17.3 Å². The molecular weight excluding hydrogens is 213 g/mol. The van der Waals surface area contributed by atoms with E-state index in [0.717, 1.165) is 24.2 Å². The number of fused-ring (bicyclic) bond motifs is 1. The molecule has 0 bridgehead atoms. The van der Waals surface area contributed by atoms with Crippen LogP contribution in [0.4, 0.5) is 10.1 Å². The van der Waals surface area contributed by atoms with Gasteiger partial charge >= 0.3 is 0 Å². The fourth-order valence-electron chi connectivity index (χ4n) is 1.99. The molecule has 1 nitrogen and oxygen atoms in total. The first-order valence-corrected chi connectivity index (χ1v) is 5.67. The van der Waals surface area contributed by atoms with Crippen molar-refractivity contribution in [2.45, 2.75) is 20.3 Å². The molecule has 0 saturated carbocycles. The predicted molar refractivity (Wildman–Crippen MR) is 61.9 cm³/mol. The summed E-state index contributed by atoms with van der Waals surface area (Å²) in [5.41, 5.74) is 2.03. The standard InChI is InChI=1S/C12H15ClFN/c1-7(2)9-3-8-4-10(13)11(14)5-12(8)15-6-9/h4-5,7,9,15H,3,6H2,1-2H3. The number of hydrogen-bond donors (Lipinski definition) is 1. The van der Waals surface area contributed by atoms with Crippen LogP contribution in [0.2, 0.25) is 5.02 Å². The third-order valence-corrected chi connectivity index (χ3v) is 3.42. The van der Waals surface area contributed by atoms with Gasteiger partial charge in [0.25, 0.3) is 0 Å². The Hall–Kier alpha value is -0.760. The first-order valence-electron chi connectivity index (χ1n) is 5.29. The minimum Gasteiger partial charge on any atom is -0.384 e. The number of hydrogen-bond acceptors (Lipinski definition) is 1. The topological polar surface area (TPSA) is 12.0 Å². The summed E-state index contributed by atoms with van der Waals surface area (Å²) in [5.74, 6) is 0.902. The van der Waals surface area contributed by atoms with Gasteiger partial charge in [0.05, 0.1) is 5.02 Å². The van der Waals surface area contributed by atoms with Gasteiger partial charge in [-0.15, -0.1) is 0 Å². The van der Waals surface area contributed by atoms with Gasteiger partial charge < -0.3 is 5.32 Å². The molecule has 0 saturated heterocycles. The molecule has 0 spiro atoms. The second-order valence-electron chi connectivity index (χ2n) is 4.51. The molecule has 1 aromatic rings. The van der Waals surface area contributed by atoms with E-state index < -0.39 is 0 Å². The average molecular weight is 228 g/mol. The minimum absolute atomic E-state index is 0.222. The van der Waals surface area contributed by atoms with E-state index >= 15 is 0 Å². The Bertz CT molecular complexity index is 376. The molecule has 1 aromatic carbocycles. The van der Waals surface area contributed by atoms with Crippen LogP contribution in [0.25, 0.3) is 0 Å². The monoisotopic (exact) mass is 227 g/mol. The van der Waals surface area contributed by atoms with E-state index in [2.05, 4.69) is 19.2 Å². The summed E-state index contributed by atoms with van der Waals surface area (Å²) in [4.78, 5) is 0. The van der Waals surface area contributed by atoms with Crippen LogP contribution >= 0.6 is 11.6 Å². The van der Waals surface area contributed by atoms with Gasteiger partial charge in [0.2, 0.25) is 0 Å². The molecule has 0 amide bonds. The van der Waals surface area contributed by atoms with Crippen LogP contribution in [-0.2, 0) is 6.42 Å². The summed E-state index contributed by atoms with van der Waals surface area (Å²) in [5, 5.41) is 3.49. The third-order valence-electron chi connectivity index (χ3n) is 3.13. The Morgan fingerprint density at radius 1 is 1.47 bits per heavy atom. The van der Waals surface area contributed by atoms with E-state index in [1.165, 1.54) is 6.07 Å². The van der Waals surface area contributed by atoms with Crippen molar-refractivity contribution in [2.24, 2.45) is 11.8 Å². The highest BCUT2D eigenvalue weighted by molar-refractivity contribution is 6.30. The number of nitrogens with one attached hydrogen (secondary N) is 1. The summed E-state index contributed by atoms with van der Waals surface area (Å²) in [6.45, 7) is 5.34. The van der Waals surface area contributed by atoms with Gasteiger partial charge in [0.1, 0.15) is 5.82 Å². The van der Waals surface area contributed by atoms with E-state index in [1.807, 2.05) is 0 Å². The highest BCUT2D eigenvalue weighted by Gasteiger charge is 2.21. The van der Waals surface area contributed by atoms with Crippen molar-refractivity contribution in [3.8, 4) is 0 Å². The van der Waals surface area contributed by atoms with Gasteiger partial charge in [-0.2, -0.15) is 0 Å². The van der Waals surface area contributed by atoms with Gasteiger partial charge in [0, 0.05) is 12.2 Å². The quantitative estimate of drug-likeness (QED) is 0.771. The first kappa shape index (κ1) is 10.7. The maximum Gasteiger partial charge on any atom is 0.143 e. The Kier molecular flexibility index (Phi) is 2.87. The van der Waals surface area contributed by atoms with Crippen LogP contribution < -0.4 is 5.32 Å². The lowest BCUT2D eigenvalue weighted by Gasteiger charge is -2.29. The van der Waals surface area contributed by atoms with Crippen LogP contribution in [0.3, 0.4) is 0 Å². The number of anilines is 1. The molecule has 0 fully saturated rings. The molecule has 15 heavy (non-hydrogen) atoms. The van der Waals surface area contributed by atoms with Crippen molar-refractivity contribution in [1.29, 1.82) is 0 Å². The predicted octanol–water partition coefficient (Wildman–Crippen LogP) is 3.72. The zero-order valence-corrected chi connectivity index (χ0v) is 9.74. The second-order valence-corrected chi connectivity index (χ2v) is 4.92. The number of rotatable bonds is 1. The lowest BCUT2D eigenvalue weighted by Crippen LogP contribution is -2.27. The lowest BCUT2D eigenvalue weighted by atomic mass is 9.86. The van der Waals surface area contributed by atoms with Crippen molar-refractivity contribution < 1.29 is 4.39 Å². The van der Waals surface area contributed by atoms with Crippen LogP contribution in [0, 0.1) is 17.7 Å². The third kappa shape index (κ3) is 2.10. The number of benzene rings is 1. The van der Waals surface area contributed by atoms with Crippen LogP contribution in [0.5, 0.6) is 0 Å². The van der Waals surface area contributed by atoms with Crippen LogP contribution in [-0.4, -0.2) is 6.54 Å². The SMILES string of the molecule is CC(C)C1CNc2cc(F)c(Cl)cc2C1. The maximum atomic E-state index is 13.2. The zero-order chi connectivity index (χ0) is 11.0. The average Bonchev–Trinajstić information content (AvgIpc) is 2.19. The van der Waals surface area contributed by atoms with Gasteiger partial charge in [-0.25, -0.2) is 4.39 Å². The van der Waals surface area contributed by atoms with Crippen molar-refractivity contribution in [3.05, 3.63) is 28.5 Å². The van der Waals surface area contributed by atoms with Crippen molar-refractivity contribution in [3.63, 3.8) is 0 Å². The molecule has 1 heterocycles. The van der Waals surface area contributed by atoms with E-state index in [1.54, 1.807) is 6.07 Å². The summed E-state index contributed by atoms with van der Waals surface area (Å²) in [7, 11) is 0. The summed E-state index contributed by atoms with van der Waals surface area (Å²) in [6, 6.07) is 3.24. The number of halogens is 2. The molecule has 2 rings (SSSR count). The molecule has 82 valence electrons. The summed E-state index contributed by atoms with van der Waals surface area (Å²) in [6.07, 6.45) is 0.986. The fraction of sp³-hybridized carbons (Fsp3) is 0.500. The summed E-state index contributed by atoms with van der Waals surface area (Å²) < 4.78 is 13.2.